The van der Waals surface area contributed by atoms with E-state index in [1.165, 1.54) is 48.7 Å². The first-order valence-corrected chi connectivity index (χ1v) is 10.3. The highest BCUT2D eigenvalue weighted by Crippen LogP contribution is 2.37. The topological polar surface area (TPSA) is 37.3 Å². The Kier molecular flexibility index (Phi) is 4.78. The third-order valence-corrected chi connectivity index (χ3v) is 6.50. The molecule has 1 aromatic heterocycles. The number of amides is 1. The molecule has 4 heteroatoms. The summed E-state index contributed by atoms with van der Waals surface area (Å²) in [4.78, 5) is 15.9. The van der Waals surface area contributed by atoms with Gasteiger partial charge >= 0.3 is 0 Å². The molecule has 1 aromatic carbocycles. The van der Waals surface area contributed by atoms with Crippen LogP contribution in [0.1, 0.15) is 57.6 Å². The van der Waals surface area contributed by atoms with E-state index in [0.29, 0.717) is 0 Å². The van der Waals surface area contributed by atoms with Gasteiger partial charge in [-0.25, -0.2) is 0 Å². The zero-order chi connectivity index (χ0) is 18.1. The Bertz CT molecular complexity index is 795. The molecular weight excluding hydrogens is 322 g/mol. The van der Waals surface area contributed by atoms with Crippen molar-refractivity contribution in [2.45, 2.75) is 70.9 Å². The zero-order valence-corrected chi connectivity index (χ0v) is 16.2. The number of fused-ring (bicyclic) bond motifs is 1. The van der Waals surface area contributed by atoms with Crippen LogP contribution >= 0.6 is 0 Å². The number of benzene rings is 1. The molecule has 4 rings (SSSR count). The molecule has 1 saturated carbocycles. The minimum atomic E-state index is -0.283. The number of aromatic nitrogens is 1. The van der Waals surface area contributed by atoms with Gasteiger partial charge in [-0.3, -0.25) is 9.69 Å². The van der Waals surface area contributed by atoms with E-state index in [2.05, 4.69) is 52.9 Å². The Morgan fingerprint density at radius 2 is 1.81 bits per heavy atom. The number of anilines is 1. The molecule has 0 unspecified atom stereocenters. The Morgan fingerprint density at radius 1 is 1.08 bits per heavy atom. The number of likely N-dealkylation sites (tertiary alicyclic amines) is 1. The number of hydrogen-bond acceptors (Lipinski definition) is 2. The summed E-state index contributed by atoms with van der Waals surface area (Å²) in [6.07, 6.45) is 8.07. The molecule has 1 N–H and O–H groups in total. The van der Waals surface area contributed by atoms with E-state index in [0.717, 1.165) is 38.2 Å². The van der Waals surface area contributed by atoms with Crippen LogP contribution in [-0.2, 0) is 11.3 Å². The van der Waals surface area contributed by atoms with Crippen LogP contribution in [0.15, 0.2) is 24.3 Å². The minimum absolute atomic E-state index is 0.213. The molecule has 0 atom stereocenters. The maximum absolute atomic E-state index is 13.4. The number of nitrogens with zero attached hydrogens (tertiary/aromatic N) is 2. The highest BCUT2D eigenvalue weighted by molar-refractivity contribution is 6.00. The molecule has 1 saturated heterocycles. The van der Waals surface area contributed by atoms with Crippen molar-refractivity contribution in [3.8, 4) is 0 Å². The van der Waals surface area contributed by atoms with Crippen LogP contribution in [0.5, 0.6) is 0 Å². The maximum Gasteiger partial charge on any atom is 0.244 e. The lowest BCUT2D eigenvalue weighted by molar-refractivity contribution is -0.129. The van der Waals surface area contributed by atoms with Gasteiger partial charge in [0.05, 0.1) is 0 Å². The fourth-order valence-corrected chi connectivity index (χ4v) is 5.12. The summed E-state index contributed by atoms with van der Waals surface area (Å²) < 4.78 is 2.31. The number of carbonyl (C=O) groups excluding carboxylic acids is 1. The summed E-state index contributed by atoms with van der Waals surface area (Å²) in [6, 6.07) is 8.55. The maximum atomic E-state index is 13.4. The molecule has 2 aliphatic rings. The molecule has 2 heterocycles. The molecule has 140 valence electrons. The summed E-state index contributed by atoms with van der Waals surface area (Å²) in [5, 5.41) is 4.49. The second kappa shape index (κ2) is 7.07. The van der Waals surface area contributed by atoms with E-state index in [1.54, 1.807) is 0 Å². The number of carbonyl (C=O) groups is 1. The first-order valence-electron chi connectivity index (χ1n) is 10.3. The van der Waals surface area contributed by atoms with Crippen LogP contribution in [0.2, 0.25) is 0 Å². The Balaban J connectivity index is 1.60. The lowest BCUT2D eigenvalue weighted by Gasteiger charge is -2.43. The molecule has 0 spiro atoms. The van der Waals surface area contributed by atoms with Crippen LogP contribution in [-0.4, -0.2) is 34.0 Å². The van der Waals surface area contributed by atoms with Crippen LogP contribution in [0, 0.1) is 6.92 Å². The van der Waals surface area contributed by atoms with E-state index in [-0.39, 0.29) is 11.4 Å². The van der Waals surface area contributed by atoms with Crippen molar-refractivity contribution < 1.29 is 4.79 Å². The highest BCUT2D eigenvalue weighted by atomic mass is 16.2. The summed E-state index contributed by atoms with van der Waals surface area (Å²) in [5.74, 6) is 0.213. The zero-order valence-electron chi connectivity index (χ0n) is 16.2. The van der Waals surface area contributed by atoms with E-state index in [9.17, 15) is 4.79 Å². The summed E-state index contributed by atoms with van der Waals surface area (Å²) in [6.45, 7) is 7.44. The van der Waals surface area contributed by atoms with Crippen molar-refractivity contribution in [3.63, 3.8) is 0 Å². The summed E-state index contributed by atoms with van der Waals surface area (Å²) >= 11 is 0. The number of rotatable bonds is 4. The fourth-order valence-electron chi connectivity index (χ4n) is 5.12. The standard InChI is InChI=1S/C22H31N3O/c1-3-25-17(2)15-18-16-19(9-10-20(18)25)23-21(26)22(11-5-4-6-12-22)24-13-7-8-14-24/h9-10,15-16H,3-8,11-14H2,1-2H3,(H,23,26). The normalized spacial score (nSPS) is 20.5. The van der Waals surface area contributed by atoms with Gasteiger partial charge in [-0.15, -0.1) is 0 Å². The molecule has 1 amide bonds. The van der Waals surface area contributed by atoms with Gasteiger partial charge in [0.2, 0.25) is 5.91 Å². The van der Waals surface area contributed by atoms with Crippen molar-refractivity contribution in [1.29, 1.82) is 0 Å². The lowest BCUT2D eigenvalue weighted by Crippen LogP contribution is -2.56. The Hall–Kier alpha value is -1.81. The van der Waals surface area contributed by atoms with Crippen molar-refractivity contribution in [1.82, 2.24) is 9.47 Å². The molecule has 1 aliphatic carbocycles. The van der Waals surface area contributed by atoms with Gasteiger partial charge in [-0.05, 0) is 76.9 Å². The van der Waals surface area contributed by atoms with Crippen LogP contribution in [0.3, 0.4) is 0 Å². The number of aryl methyl sites for hydroxylation is 2. The molecular formula is C22H31N3O. The first kappa shape index (κ1) is 17.6. The van der Waals surface area contributed by atoms with E-state index >= 15 is 0 Å². The average molecular weight is 354 g/mol. The smallest absolute Gasteiger partial charge is 0.244 e. The SMILES string of the molecule is CCn1c(C)cc2cc(NC(=O)C3(N4CCCC4)CCCCC3)ccc21. The van der Waals surface area contributed by atoms with Gasteiger partial charge in [0.1, 0.15) is 5.54 Å². The molecule has 4 nitrogen and oxygen atoms in total. The van der Waals surface area contributed by atoms with Gasteiger partial charge in [0.15, 0.2) is 0 Å². The van der Waals surface area contributed by atoms with Gasteiger partial charge < -0.3 is 9.88 Å². The summed E-state index contributed by atoms with van der Waals surface area (Å²) in [5.41, 5.74) is 3.16. The van der Waals surface area contributed by atoms with Crippen molar-refractivity contribution in [3.05, 3.63) is 30.0 Å². The molecule has 26 heavy (non-hydrogen) atoms. The van der Waals surface area contributed by atoms with Gasteiger partial charge in [-0.1, -0.05) is 19.3 Å². The lowest BCUT2D eigenvalue weighted by atomic mass is 9.79. The number of nitrogens with one attached hydrogen (secondary N) is 1. The van der Waals surface area contributed by atoms with Crippen LogP contribution < -0.4 is 5.32 Å². The van der Waals surface area contributed by atoms with Crippen LogP contribution in [0.25, 0.3) is 10.9 Å². The van der Waals surface area contributed by atoms with E-state index in [1.807, 2.05) is 0 Å². The van der Waals surface area contributed by atoms with E-state index < -0.39 is 0 Å². The Labute approximate surface area is 156 Å². The van der Waals surface area contributed by atoms with Gasteiger partial charge in [0.25, 0.3) is 0 Å². The second-order valence-electron chi connectivity index (χ2n) is 8.04. The molecule has 2 aromatic rings. The largest absolute Gasteiger partial charge is 0.345 e. The van der Waals surface area contributed by atoms with Gasteiger partial charge in [0, 0.05) is 28.8 Å². The van der Waals surface area contributed by atoms with Crippen molar-refractivity contribution in [2.75, 3.05) is 18.4 Å². The Morgan fingerprint density at radius 3 is 2.50 bits per heavy atom. The molecule has 0 radical (unpaired) electrons. The number of hydrogen-bond donors (Lipinski definition) is 1. The third-order valence-electron chi connectivity index (χ3n) is 6.50. The first-order chi connectivity index (χ1) is 12.6. The van der Waals surface area contributed by atoms with Crippen molar-refractivity contribution in [2.24, 2.45) is 0 Å². The monoisotopic (exact) mass is 353 g/mol. The second-order valence-corrected chi connectivity index (χ2v) is 8.04. The fraction of sp³-hybridized carbons (Fsp3) is 0.591. The summed E-state index contributed by atoms with van der Waals surface area (Å²) in [7, 11) is 0. The highest BCUT2D eigenvalue weighted by Gasteiger charge is 2.45. The molecule has 2 fully saturated rings. The van der Waals surface area contributed by atoms with Gasteiger partial charge in [-0.2, -0.15) is 0 Å². The van der Waals surface area contributed by atoms with Crippen molar-refractivity contribution >= 4 is 22.5 Å². The predicted octanol–water partition coefficient (Wildman–Crippen LogP) is 4.71. The molecule has 1 aliphatic heterocycles. The predicted molar refractivity (Wildman–Crippen MR) is 108 cm³/mol. The minimum Gasteiger partial charge on any atom is -0.345 e. The third kappa shape index (κ3) is 2.94. The molecule has 0 bridgehead atoms. The quantitative estimate of drug-likeness (QED) is 0.864. The average Bonchev–Trinajstić information content (AvgIpc) is 3.29. The van der Waals surface area contributed by atoms with Crippen LogP contribution in [0.4, 0.5) is 5.69 Å². The van der Waals surface area contributed by atoms with E-state index in [4.69, 9.17) is 0 Å².